The van der Waals surface area contributed by atoms with Crippen molar-refractivity contribution in [3.63, 3.8) is 0 Å². The van der Waals surface area contributed by atoms with Gasteiger partial charge < -0.3 is 19.1 Å². The number of methoxy groups -OCH3 is 2. The number of hydrogen-bond donors (Lipinski definition) is 0. The molecule has 8 nitrogen and oxygen atoms in total. The van der Waals surface area contributed by atoms with Gasteiger partial charge in [-0.3, -0.25) is 9.59 Å². The van der Waals surface area contributed by atoms with Crippen LogP contribution in [0.2, 0.25) is 0 Å². The summed E-state index contributed by atoms with van der Waals surface area (Å²) in [5, 5.41) is 8.15. The van der Waals surface area contributed by atoms with Crippen LogP contribution in [0, 0.1) is 0 Å². The number of benzene rings is 2. The molecule has 0 atom stereocenters. The third kappa shape index (κ3) is 3.57. The minimum absolute atomic E-state index is 0.183. The van der Waals surface area contributed by atoms with Crippen molar-refractivity contribution in [3.05, 3.63) is 47.5 Å². The molecule has 0 radical (unpaired) electrons. The standard InChI is InChI=1S/C20H19N3O5/c1-12(24)28-19-16(26-3)9-13(10-17(19)27-4)11-21-22-18-14-7-5-6-8-15(14)23(2)20(18)25/h5-11H,1-4H3/b21-11-,22-18-. The fourth-order valence-electron chi connectivity index (χ4n) is 2.82. The molecule has 0 aromatic heterocycles. The largest absolute Gasteiger partial charge is 0.493 e. The molecule has 3 rings (SSSR count). The van der Waals surface area contributed by atoms with E-state index in [1.54, 1.807) is 19.2 Å². The molecule has 0 aliphatic carbocycles. The fourth-order valence-corrected chi connectivity index (χ4v) is 2.82. The average molecular weight is 381 g/mol. The van der Waals surface area contributed by atoms with Crippen molar-refractivity contribution >= 4 is 29.5 Å². The lowest BCUT2D eigenvalue weighted by atomic mass is 10.1. The highest BCUT2D eigenvalue weighted by molar-refractivity contribution is 6.54. The molecule has 1 amide bonds. The lowest BCUT2D eigenvalue weighted by Crippen LogP contribution is -2.25. The number of nitrogens with zero attached hydrogens (tertiary/aromatic N) is 3. The fraction of sp³-hybridized carbons (Fsp3) is 0.200. The van der Waals surface area contributed by atoms with Crippen LogP contribution in [0.4, 0.5) is 5.69 Å². The highest BCUT2D eigenvalue weighted by Crippen LogP contribution is 2.38. The molecule has 28 heavy (non-hydrogen) atoms. The Hall–Kier alpha value is -3.68. The van der Waals surface area contributed by atoms with E-state index in [-0.39, 0.29) is 17.4 Å². The Balaban J connectivity index is 1.94. The third-order valence-corrected chi connectivity index (χ3v) is 4.12. The van der Waals surface area contributed by atoms with Crippen LogP contribution in [0.25, 0.3) is 0 Å². The van der Waals surface area contributed by atoms with E-state index in [1.807, 2.05) is 24.3 Å². The first-order chi connectivity index (χ1) is 13.5. The quantitative estimate of drug-likeness (QED) is 0.343. The molecule has 1 aliphatic heterocycles. The Labute approximate surface area is 162 Å². The Morgan fingerprint density at radius 2 is 1.75 bits per heavy atom. The SMILES string of the molecule is COc1cc(/C=N\N=C2/C(=O)N(C)c3ccccc32)cc(OC)c1OC(C)=O. The van der Waals surface area contributed by atoms with E-state index in [4.69, 9.17) is 14.2 Å². The first kappa shape index (κ1) is 19.1. The molecule has 1 aliphatic rings. The molecule has 144 valence electrons. The molecule has 0 unspecified atom stereocenters. The summed E-state index contributed by atoms with van der Waals surface area (Å²) in [6.45, 7) is 1.29. The van der Waals surface area contributed by atoms with E-state index in [0.29, 0.717) is 17.1 Å². The van der Waals surface area contributed by atoms with Crippen molar-refractivity contribution < 1.29 is 23.8 Å². The van der Waals surface area contributed by atoms with E-state index in [2.05, 4.69) is 10.2 Å². The Morgan fingerprint density at radius 3 is 2.36 bits per heavy atom. The monoisotopic (exact) mass is 381 g/mol. The second kappa shape index (κ2) is 7.91. The van der Waals surface area contributed by atoms with E-state index in [9.17, 15) is 9.59 Å². The summed E-state index contributed by atoms with van der Waals surface area (Å²) in [5.74, 6) is 0.0875. The van der Waals surface area contributed by atoms with E-state index in [1.165, 1.54) is 32.3 Å². The maximum absolute atomic E-state index is 12.4. The first-order valence-electron chi connectivity index (χ1n) is 8.39. The van der Waals surface area contributed by atoms with Gasteiger partial charge in [-0.25, -0.2) is 0 Å². The smallest absolute Gasteiger partial charge is 0.308 e. The number of likely N-dealkylation sites (N-methyl/N-ethyl adjacent to an activating group) is 1. The Bertz CT molecular complexity index is 972. The van der Waals surface area contributed by atoms with Crippen molar-refractivity contribution in [1.29, 1.82) is 0 Å². The molecule has 1 heterocycles. The maximum atomic E-state index is 12.4. The van der Waals surface area contributed by atoms with Crippen molar-refractivity contribution in [2.24, 2.45) is 10.2 Å². The van der Waals surface area contributed by atoms with E-state index < -0.39 is 5.97 Å². The normalized spacial score (nSPS) is 14.5. The summed E-state index contributed by atoms with van der Waals surface area (Å²) >= 11 is 0. The number of para-hydroxylation sites is 1. The zero-order valence-electron chi connectivity index (χ0n) is 15.9. The van der Waals surface area contributed by atoms with Crippen LogP contribution in [0.15, 0.2) is 46.6 Å². The number of esters is 1. The molecule has 2 aromatic rings. The molecule has 0 saturated heterocycles. The molecule has 0 bridgehead atoms. The van der Waals surface area contributed by atoms with Gasteiger partial charge in [0.25, 0.3) is 5.91 Å². The van der Waals surface area contributed by atoms with Crippen LogP contribution in [-0.4, -0.2) is 45.1 Å². The molecule has 0 fully saturated rings. The van der Waals surface area contributed by atoms with Crippen LogP contribution >= 0.6 is 0 Å². The number of ether oxygens (including phenoxy) is 3. The summed E-state index contributed by atoms with van der Waals surface area (Å²) in [4.78, 5) is 25.2. The summed E-state index contributed by atoms with van der Waals surface area (Å²) in [7, 11) is 4.59. The summed E-state index contributed by atoms with van der Waals surface area (Å²) in [5.41, 5.74) is 2.38. The predicted octanol–water partition coefficient (Wildman–Crippen LogP) is 2.43. The number of amides is 1. The van der Waals surface area contributed by atoms with Gasteiger partial charge in [0.2, 0.25) is 5.75 Å². The van der Waals surface area contributed by atoms with Gasteiger partial charge in [-0.1, -0.05) is 18.2 Å². The molecule has 0 N–H and O–H groups in total. The first-order valence-corrected chi connectivity index (χ1v) is 8.39. The molecule has 2 aromatic carbocycles. The van der Waals surface area contributed by atoms with Gasteiger partial charge in [0, 0.05) is 25.1 Å². The van der Waals surface area contributed by atoms with Gasteiger partial charge in [0.1, 0.15) is 0 Å². The van der Waals surface area contributed by atoms with Crippen molar-refractivity contribution in [1.82, 2.24) is 0 Å². The molecule has 0 spiro atoms. The van der Waals surface area contributed by atoms with E-state index in [0.717, 1.165) is 11.3 Å². The number of carbonyl (C=O) groups is 2. The minimum Gasteiger partial charge on any atom is -0.493 e. The third-order valence-electron chi connectivity index (χ3n) is 4.12. The molecular weight excluding hydrogens is 362 g/mol. The predicted molar refractivity (Wildman–Crippen MR) is 105 cm³/mol. The second-order valence-corrected chi connectivity index (χ2v) is 5.92. The summed E-state index contributed by atoms with van der Waals surface area (Å²) < 4.78 is 15.7. The van der Waals surface area contributed by atoms with Crippen molar-refractivity contribution in [2.75, 3.05) is 26.2 Å². The van der Waals surface area contributed by atoms with Crippen LogP contribution < -0.4 is 19.1 Å². The van der Waals surface area contributed by atoms with Crippen molar-refractivity contribution in [2.45, 2.75) is 6.92 Å². The zero-order valence-corrected chi connectivity index (χ0v) is 15.9. The van der Waals surface area contributed by atoms with Crippen LogP contribution in [-0.2, 0) is 9.59 Å². The van der Waals surface area contributed by atoms with Crippen LogP contribution in [0.1, 0.15) is 18.1 Å². The zero-order chi connectivity index (χ0) is 20.3. The molecule has 0 saturated carbocycles. The van der Waals surface area contributed by atoms with Gasteiger partial charge in [0.05, 0.1) is 26.1 Å². The Morgan fingerprint density at radius 1 is 1.11 bits per heavy atom. The number of hydrogen-bond acceptors (Lipinski definition) is 7. The van der Waals surface area contributed by atoms with Crippen LogP contribution in [0.3, 0.4) is 0 Å². The number of fused-ring (bicyclic) bond motifs is 1. The number of carbonyl (C=O) groups excluding carboxylic acids is 2. The van der Waals surface area contributed by atoms with Gasteiger partial charge in [-0.05, 0) is 18.2 Å². The second-order valence-electron chi connectivity index (χ2n) is 5.92. The number of anilines is 1. The Kier molecular flexibility index (Phi) is 5.39. The topological polar surface area (TPSA) is 89.8 Å². The van der Waals surface area contributed by atoms with Crippen LogP contribution in [0.5, 0.6) is 17.2 Å². The van der Waals surface area contributed by atoms with Gasteiger partial charge in [-0.15, -0.1) is 5.10 Å². The highest BCUT2D eigenvalue weighted by atomic mass is 16.6. The lowest BCUT2D eigenvalue weighted by Gasteiger charge is -2.13. The highest BCUT2D eigenvalue weighted by Gasteiger charge is 2.31. The van der Waals surface area contributed by atoms with E-state index >= 15 is 0 Å². The number of rotatable bonds is 5. The van der Waals surface area contributed by atoms with Gasteiger partial charge in [0.15, 0.2) is 17.2 Å². The van der Waals surface area contributed by atoms with Gasteiger partial charge in [-0.2, -0.15) is 5.10 Å². The lowest BCUT2D eigenvalue weighted by molar-refractivity contribution is -0.132. The molecular formula is C20H19N3O5. The summed E-state index contributed by atoms with van der Waals surface area (Å²) in [6, 6.07) is 10.6. The van der Waals surface area contributed by atoms with Gasteiger partial charge >= 0.3 is 5.97 Å². The minimum atomic E-state index is -0.494. The average Bonchev–Trinajstić information content (AvgIpc) is 2.93. The molecule has 8 heteroatoms. The van der Waals surface area contributed by atoms with Crippen molar-refractivity contribution in [3.8, 4) is 17.2 Å². The maximum Gasteiger partial charge on any atom is 0.308 e. The summed E-state index contributed by atoms with van der Waals surface area (Å²) in [6.07, 6.45) is 1.46.